The fourth-order valence-corrected chi connectivity index (χ4v) is 3.66. The van der Waals surface area contributed by atoms with E-state index in [1.165, 1.54) is 16.9 Å². The first kappa shape index (κ1) is 14.9. The van der Waals surface area contributed by atoms with Crippen molar-refractivity contribution in [2.24, 2.45) is 0 Å². The van der Waals surface area contributed by atoms with E-state index in [4.69, 9.17) is 0 Å². The van der Waals surface area contributed by atoms with Crippen LogP contribution < -0.4 is 10.2 Å². The average molecular weight is 335 g/mol. The minimum absolute atomic E-state index is 0.0282. The Morgan fingerprint density at radius 1 is 1.08 bits per heavy atom. The summed E-state index contributed by atoms with van der Waals surface area (Å²) in [7, 11) is 0. The maximum Gasteiger partial charge on any atom is 0.277 e. The fourth-order valence-electron chi connectivity index (χ4n) is 2.96. The van der Waals surface area contributed by atoms with E-state index >= 15 is 0 Å². The molecule has 1 N–H and O–H groups in total. The first-order valence-electron chi connectivity index (χ1n) is 7.98. The largest absolute Gasteiger partial charge is 0.332 e. The van der Waals surface area contributed by atoms with Crippen LogP contribution in [0.3, 0.4) is 0 Å². The van der Waals surface area contributed by atoms with Gasteiger partial charge in [0.2, 0.25) is 0 Å². The highest BCUT2D eigenvalue weighted by atomic mass is 32.1. The van der Waals surface area contributed by atoms with Gasteiger partial charge in [0.05, 0.1) is 0 Å². The Balaban J connectivity index is 1.56. The maximum atomic E-state index is 12.9. The Bertz CT molecular complexity index is 860. The fraction of sp³-hybridized carbons (Fsp3) is 0.158. The molecule has 0 saturated carbocycles. The van der Waals surface area contributed by atoms with E-state index in [0.29, 0.717) is 5.69 Å². The molecule has 0 saturated heterocycles. The third-order valence-electron chi connectivity index (χ3n) is 4.10. The van der Waals surface area contributed by atoms with Crippen molar-refractivity contribution < 1.29 is 4.79 Å². The molecular formula is C19H17N3OS. The second-order valence-corrected chi connectivity index (χ2v) is 6.58. The number of carbonyl (C=O) groups is 1. The molecule has 0 bridgehead atoms. The van der Waals surface area contributed by atoms with Crippen molar-refractivity contribution in [3.05, 3.63) is 71.2 Å². The molecule has 0 fully saturated rings. The number of amides is 1. The van der Waals surface area contributed by atoms with E-state index in [1.807, 2.05) is 58.8 Å². The van der Waals surface area contributed by atoms with Gasteiger partial charge in [-0.25, -0.2) is 4.98 Å². The van der Waals surface area contributed by atoms with Crippen LogP contribution in [0.15, 0.2) is 60.0 Å². The van der Waals surface area contributed by atoms with Crippen LogP contribution in [0.1, 0.15) is 22.5 Å². The predicted molar refractivity (Wildman–Crippen MR) is 98.3 cm³/mol. The summed E-state index contributed by atoms with van der Waals surface area (Å²) < 4.78 is 0. The van der Waals surface area contributed by atoms with Crippen LogP contribution in [-0.2, 0) is 6.42 Å². The molecule has 1 aromatic heterocycles. The van der Waals surface area contributed by atoms with Gasteiger partial charge in [0.25, 0.3) is 5.91 Å². The number of fused-ring (bicyclic) bond motifs is 1. The third kappa shape index (κ3) is 2.90. The zero-order valence-corrected chi connectivity index (χ0v) is 13.9. The molecule has 120 valence electrons. The van der Waals surface area contributed by atoms with Gasteiger partial charge in [-0.15, -0.1) is 11.3 Å². The van der Waals surface area contributed by atoms with Gasteiger partial charge in [-0.05, 0) is 36.6 Å². The van der Waals surface area contributed by atoms with Crippen LogP contribution in [0.2, 0.25) is 0 Å². The number of nitrogens with zero attached hydrogens (tertiary/aromatic N) is 2. The highest BCUT2D eigenvalue weighted by molar-refractivity contribution is 7.14. The molecule has 4 rings (SSSR count). The monoisotopic (exact) mass is 335 g/mol. The highest BCUT2D eigenvalue weighted by Crippen LogP contribution is 2.29. The maximum absolute atomic E-state index is 12.9. The summed E-state index contributed by atoms with van der Waals surface area (Å²) in [6.45, 7) is 0.745. The van der Waals surface area contributed by atoms with Gasteiger partial charge < -0.3 is 10.2 Å². The van der Waals surface area contributed by atoms with Crippen LogP contribution in [0.25, 0.3) is 0 Å². The Morgan fingerprint density at radius 3 is 2.75 bits per heavy atom. The number of nitrogens with one attached hydrogen (secondary N) is 1. The first-order valence-corrected chi connectivity index (χ1v) is 8.86. The van der Waals surface area contributed by atoms with Gasteiger partial charge in [0.1, 0.15) is 5.69 Å². The van der Waals surface area contributed by atoms with E-state index in [0.717, 1.165) is 35.9 Å². The zero-order valence-electron chi connectivity index (χ0n) is 13.1. The van der Waals surface area contributed by atoms with E-state index in [-0.39, 0.29) is 5.91 Å². The lowest BCUT2D eigenvalue weighted by atomic mass is 10.0. The third-order valence-corrected chi connectivity index (χ3v) is 4.86. The minimum atomic E-state index is -0.0282. The van der Waals surface area contributed by atoms with Crippen molar-refractivity contribution in [3.8, 4) is 0 Å². The molecule has 1 amide bonds. The molecule has 24 heavy (non-hydrogen) atoms. The van der Waals surface area contributed by atoms with E-state index < -0.39 is 0 Å². The number of aromatic nitrogens is 1. The van der Waals surface area contributed by atoms with E-state index in [1.54, 1.807) is 0 Å². The van der Waals surface area contributed by atoms with Crippen LogP contribution in [0, 0.1) is 0 Å². The molecule has 5 heteroatoms. The second-order valence-electron chi connectivity index (χ2n) is 5.72. The highest BCUT2D eigenvalue weighted by Gasteiger charge is 2.24. The van der Waals surface area contributed by atoms with Gasteiger partial charge >= 0.3 is 0 Å². The Kier molecular flexibility index (Phi) is 4.01. The molecule has 0 spiro atoms. The van der Waals surface area contributed by atoms with Gasteiger partial charge in [-0.1, -0.05) is 36.4 Å². The quantitative estimate of drug-likeness (QED) is 0.767. The molecule has 0 unspecified atom stereocenters. The van der Waals surface area contributed by atoms with Crippen LogP contribution in [-0.4, -0.2) is 17.4 Å². The average Bonchev–Trinajstić information content (AvgIpc) is 3.10. The first-order chi connectivity index (χ1) is 11.8. The van der Waals surface area contributed by atoms with Gasteiger partial charge in [-0.3, -0.25) is 4.79 Å². The van der Waals surface area contributed by atoms with Crippen molar-refractivity contribution in [1.82, 2.24) is 4.98 Å². The van der Waals surface area contributed by atoms with Crippen molar-refractivity contribution >= 4 is 33.8 Å². The smallest absolute Gasteiger partial charge is 0.277 e. The Labute approximate surface area is 144 Å². The number of aryl methyl sites for hydroxylation is 1. The minimum Gasteiger partial charge on any atom is -0.332 e. The zero-order chi connectivity index (χ0) is 16.4. The summed E-state index contributed by atoms with van der Waals surface area (Å²) in [6, 6.07) is 18.0. The summed E-state index contributed by atoms with van der Waals surface area (Å²) in [4.78, 5) is 19.2. The Hall–Kier alpha value is -2.66. The summed E-state index contributed by atoms with van der Waals surface area (Å²) in [6.07, 6.45) is 2.01. The van der Waals surface area contributed by atoms with Crippen molar-refractivity contribution in [3.63, 3.8) is 0 Å². The Morgan fingerprint density at radius 2 is 1.88 bits per heavy atom. The summed E-state index contributed by atoms with van der Waals surface area (Å²) >= 11 is 1.45. The van der Waals surface area contributed by atoms with Crippen molar-refractivity contribution in [1.29, 1.82) is 0 Å². The lowest BCUT2D eigenvalue weighted by Crippen LogP contribution is -2.35. The molecule has 0 atom stereocenters. The number of anilines is 3. The molecule has 2 aromatic carbocycles. The van der Waals surface area contributed by atoms with Gasteiger partial charge in [0.15, 0.2) is 5.13 Å². The summed E-state index contributed by atoms with van der Waals surface area (Å²) in [5, 5.41) is 5.79. The number of para-hydroxylation sites is 2. The number of carbonyl (C=O) groups excluding carboxylic acids is 1. The standard InChI is InChI=1S/C19H17N3OS/c23-18(22-12-6-8-14-7-4-5-11-17(14)22)16-13-24-19(21-16)20-15-9-2-1-3-10-15/h1-5,7,9-11,13H,6,8,12H2,(H,20,21). The lowest BCUT2D eigenvalue weighted by molar-refractivity contribution is 0.0981. The normalized spacial score (nSPS) is 13.4. The SMILES string of the molecule is O=C(c1csc(Nc2ccccc2)n1)N1CCCc2ccccc21. The van der Waals surface area contributed by atoms with Crippen molar-refractivity contribution in [2.75, 3.05) is 16.8 Å². The van der Waals surface area contributed by atoms with E-state index in [9.17, 15) is 4.79 Å². The predicted octanol–water partition coefficient (Wildman–Crippen LogP) is 4.48. The van der Waals surface area contributed by atoms with Crippen LogP contribution in [0.4, 0.5) is 16.5 Å². The van der Waals surface area contributed by atoms with Gasteiger partial charge in [0, 0.05) is 23.3 Å². The summed E-state index contributed by atoms with van der Waals surface area (Å²) in [5.41, 5.74) is 3.71. The topological polar surface area (TPSA) is 45.2 Å². The molecule has 4 nitrogen and oxygen atoms in total. The number of hydrogen-bond donors (Lipinski definition) is 1. The molecule has 0 radical (unpaired) electrons. The number of rotatable bonds is 3. The molecule has 2 heterocycles. The second kappa shape index (κ2) is 6.45. The lowest BCUT2D eigenvalue weighted by Gasteiger charge is -2.28. The van der Waals surface area contributed by atoms with Crippen LogP contribution in [0.5, 0.6) is 0 Å². The van der Waals surface area contributed by atoms with Crippen LogP contribution >= 0.6 is 11.3 Å². The number of benzene rings is 2. The van der Waals surface area contributed by atoms with Gasteiger partial charge in [-0.2, -0.15) is 0 Å². The molecule has 1 aliphatic heterocycles. The molecular weight excluding hydrogens is 318 g/mol. The summed E-state index contributed by atoms with van der Waals surface area (Å²) in [5.74, 6) is -0.0282. The molecule has 3 aromatic rings. The number of thiazole rings is 1. The van der Waals surface area contributed by atoms with E-state index in [2.05, 4.69) is 16.4 Å². The number of hydrogen-bond acceptors (Lipinski definition) is 4. The van der Waals surface area contributed by atoms with Crippen molar-refractivity contribution in [2.45, 2.75) is 12.8 Å². The molecule has 0 aliphatic carbocycles. The molecule has 1 aliphatic rings.